The van der Waals surface area contributed by atoms with Gasteiger partial charge >= 0.3 is 6.03 Å². The van der Waals surface area contributed by atoms with Gasteiger partial charge in [0.1, 0.15) is 18.2 Å². The van der Waals surface area contributed by atoms with Gasteiger partial charge in [-0.3, -0.25) is 0 Å². The fraction of sp³-hybridized carbons (Fsp3) is 0.158. The highest BCUT2D eigenvalue weighted by Crippen LogP contribution is 2.19. The highest BCUT2D eigenvalue weighted by molar-refractivity contribution is 7.11. The molecule has 1 aromatic heterocycles. The summed E-state index contributed by atoms with van der Waals surface area (Å²) in [7, 11) is 0. The van der Waals surface area contributed by atoms with Crippen molar-refractivity contribution in [3.8, 4) is 5.75 Å². The lowest BCUT2D eigenvalue weighted by molar-refractivity contribution is 0.252. The topological polar surface area (TPSA) is 63.2 Å². The molecule has 3 rings (SSSR count). The smallest absolute Gasteiger partial charge is 0.319 e. The van der Waals surface area contributed by atoms with E-state index in [0.717, 1.165) is 15.4 Å². The molecule has 2 aromatic carbocycles. The number of aryl methyl sites for hydroxylation is 1. The molecule has 2 amide bonds. The summed E-state index contributed by atoms with van der Waals surface area (Å²) in [6.45, 7) is 2.59. The maximum atomic E-state index is 13.2. The number of amides is 2. The number of hydrogen-bond donors (Lipinski definition) is 2. The van der Waals surface area contributed by atoms with Crippen LogP contribution in [0.15, 0.2) is 54.7 Å². The van der Waals surface area contributed by atoms with Crippen LogP contribution in [0.1, 0.15) is 15.4 Å². The molecule has 0 bridgehead atoms. The number of carbonyl (C=O) groups is 1. The SMILES string of the molecule is Cc1ncc(CNC(=O)Nc2cccc(OCc3cccc(F)c3)c2)s1. The lowest BCUT2D eigenvalue weighted by Gasteiger charge is -2.10. The Morgan fingerprint density at radius 3 is 2.85 bits per heavy atom. The van der Waals surface area contributed by atoms with Crippen LogP contribution in [0, 0.1) is 12.7 Å². The van der Waals surface area contributed by atoms with Crippen molar-refractivity contribution in [3.05, 3.63) is 76.0 Å². The summed E-state index contributed by atoms with van der Waals surface area (Å²) in [5.74, 6) is 0.291. The third kappa shape index (κ3) is 5.29. The number of hydrogen-bond acceptors (Lipinski definition) is 4. The van der Waals surface area contributed by atoms with E-state index in [1.54, 1.807) is 53.9 Å². The third-order valence-corrected chi connectivity index (χ3v) is 4.39. The molecule has 0 saturated carbocycles. The first kappa shape index (κ1) is 17.9. The molecule has 0 radical (unpaired) electrons. The number of benzene rings is 2. The molecule has 0 aliphatic heterocycles. The number of aromatic nitrogens is 1. The summed E-state index contributed by atoms with van der Waals surface area (Å²) in [5, 5.41) is 6.51. The molecule has 5 nitrogen and oxygen atoms in total. The summed E-state index contributed by atoms with van der Waals surface area (Å²) in [4.78, 5) is 17.1. The standard InChI is InChI=1S/C19H18FN3O2S/c1-13-21-10-18(26-13)11-22-19(24)23-16-6-3-7-17(9-16)25-12-14-4-2-5-15(20)8-14/h2-10H,11-12H2,1H3,(H2,22,23,24). The van der Waals surface area contributed by atoms with Crippen molar-refractivity contribution in [2.24, 2.45) is 0 Å². The number of anilines is 1. The van der Waals surface area contributed by atoms with Crippen molar-refractivity contribution in [3.63, 3.8) is 0 Å². The highest BCUT2D eigenvalue weighted by Gasteiger charge is 2.05. The molecule has 0 spiro atoms. The first-order valence-corrected chi connectivity index (χ1v) is 8.83. The molecule has 0 aliphatic carbocycles. The van der Waals surface area contributed by atoms with Crippen molar-refractivity contribution >= 4 is 23.1 Å². The lowest BCUT2D eigenvalue weighted by Crippen LogP contribution is -2.27. The summed E-state index contributed by atoms with van der Waals surface area (Å²) in [6, 6.07) is 13.0. The monoisotopic (exact) mass is 371 g/mol. The second kappa shape index (κ2) is 8.44. The number of carbonyl (C=O) groups excluding carboxylic acids is 1. The van der Waals surface area contributed by atoms with Crippen LogP contribution in [0.5, 0.6) is 5.75 Å². The van der Waals surface area contributed by atoms with Crippen LogP contribution in [0.25, 0.3) is 0 Å². The fourth-order valence-electron chi connectivity index (χ4n) is 2.29. The molecular formula is C19H18FN3O2S. The van der Waals surface area contributed by atoms with Gasteiger partial charge in [-0.2, -0.15) is 0 Å². The van der Waals surface area contributed by atoms with E-state index in [4.69, 9.17) is 4.74 Å². The molecule has 0 unspecified atom stereocenters. The number of rotatable bonds is 6. The van der Waals surface area contributed by atoms with Gasteiger partial charge in [0.25, 0.3) is 0 Å². The van der Waals surface area contributed by atoms with Gasteiger partial charge in [0.2, 0.25) is 0 Å². The average Bonchev–Trinajstić information content (AvgIpc) is 3.04. The number of halogens is 1. The third-order valence-electron chi connectivity index (χ3n) is 3.48. The number of urea groups is 1. The van der Waals surface area contributed by atoms with Gasteiger partial charge in [0, 0.05) is 22.8 Å². The Balaban J connectivity index is 1.52. The first-order chi connectivity index (χ1) is 12.6. The van der Waals surface area contributed by atoms with Crippen LogP contribution >= 0.6 is 11.3 Å². The Morgan fingerprint density at radius 2 is 2.08 bits per heavy atom. The minimum Gasteiger partial charge on any atom is -0.489 e. The van der Waals surface area contributed by atoms with Crippen LogP contribution in [-0.2, 0) is 13.2 Å². The molecule has 0 aliphatic rings. The van der Waals surface area contributed by atoms with Crippen molar-refractivity contribution in [1.82, 2.24) is 10.3 Å². The quantitative estimate of drug-likeness (QED) is 0.671. The van der Waals surface area contributed by atoms with Gasteiger partial charge in [-0.15, -0.1) is 11.3 Å². The van der Waals surface area contributed by atoms with E-state index in [1.165, 1.54) is 12.1 Å². The lowest BCUT2D eigenvalue weighted by atomic mass is 10.2. The fourth-order valence-corrected chi connectivity index (χ4v) is 3.02. The van der Waals surface area contributed by atoms with Crippen LogP contribution in [0.2, 0.25) is 0 Å². The highest BCUT2D eigenvalue weighted by atomic mass is 32.1. The zero-order valence-electron chi connectivity index (χ0n) is 14.2. The predicted molar refractivity (Wildman–Crippen MR) is 99.9 cm³/mol. The van der Waals surface area contributed by atoms with E-state index in [1.807, 2.05) is 6.92 Å². The Bertz CT molecular complexity index is 898. The normalized spacial score (nSPS) is 10.4. The van der Waals surface area contributed by atoms with E-state index in [9.17, 15) is 9.18 Å². The zero-order chi connectivity index (χ0) is 18.4. The molecule has 1 heterocycles. The maximum absolute atomic E-state index is 13.2. The van der Waals surface area contributed by atoms with Crippen LogP contribution in [-0.4, -0.2) is 11.0 Å². The van der Waals surface area contributed by atoms with E-state index < -0.39 is 0 Å². The molecule has 26 heavy (non-hydrogen) atoms. The maximum Gasteiger partial charge on any atom is 0.319 e. The van der Waals surface area contributed by atoms with Gasteiger partial charge in [-0.25, -0.2) is 14.2 Å². The Morgan fingerprint density at radius 1 is 1.23 bits per heavy atom. The molecular weight excluding hydrogens is 353 g/mol. The number of ether oxygens (including phenoxy) is 1. The van der Waals surface area contributed by atoms with Crippen molar-refractivity contribution in [2.75, 3.05) is 5.32 Å². The molecule has 0 atom stereocenters. The second-order valence-corrected chi connectivity index (χ2v) is 6.92. The van der Waals surface area contributed by atoms with Crippen LogP contribution < -0.4 is 15.4 Å². The van der Waals surface area contributed by atoms with Crippen molar-refractivity contribution in [1.29, 1.82) is 0 Å². The summed E-state index contributed by atoms with van der Waals surface area (Å²) in [6.07, 6.45) is 1.75. The van der Waals surface area contributed by atoms with Gasteiger partial charge < -0.3 is 15.4 Å². The summed E-state index contributed by atoms with van der Waals surface area (Å²) >= 11 is 1.54. The van der Waals surface area contributed by atoms with Crippen molar-refractivity contribution in [2.45, 2.75) is 20.1 Å². The largest absolute Gasteiger partial charge is 0.489 e. The number of thiazole rings is 1. The Labute approximate surface area is 154 Å². The zero-order valence-corrected chi connectivity index (χ0v) is 15.0. The van der Waals surface area contributed by atoms with Gasteiger partial charge in [-0.1, -0.05) is 18.2 Å². The predicted octanol–water partition coefficient (Wildman–Crippen LogP) is 4.49. The van der Waals surface area contributed by atoms with E-state index >= 15 is 0 Å². The van der Waals surface area contributed by atoms with E-state index in [0.29, 0.717) is 18.0 Å². The second-order valence-electron chi connectivity index (χ2n) is 5.60. The van der Waals surface area contributed by atoms with E-state index in [-0.39, 0.29) is 18.5 Å². The van der Waals surface area contributed by atoms with Crippen molar-refractivity contribution < 1.29 is 13.9 Å². The Kier molecular flexibility index (Phi) is 5.80. The minimum absolute atomic E-state index is 0.248. The van der Waals surface area contributed by atoms with E-state index in [2.05, 4.69) is 15.6 Å². The first-order valence-electron chi connectivity index (χ1n) is 8.02. The molecule has 0 fully saturated rings. The van der Waals surface area contributed by atoms with Gasteiger partial charge in [0.15, 0.2) is 0 Å². The number of nitrogens with one attached hydrogen (secondary N) is 2. The Hall–Kier alpha value is -2.93. The summed E-state index contributed by atoms with van der Waals surface area (Å²) in [5.41, 5.74) is 1.35. The average molecular weight is 371 g/mol. The molecule has 2 N–H and O–H groups in total. The minimum atomic E-state index is -0.307. The molecule has 134 valence electrons. The number of nitrogens with zero attached hydrogens (tertiary/aromatic N) is 1. The van der Waals surface area contributed by atoms with Crippen LogP contribution in [0.3, 0.4) is 0 Å². The summed E-state index contributed by atoms with van der Waals surface area (Å²) < 4.78 is 18.8. The molecule has 3 aromatic rings. The molecule has 0 saturated heterocycles. The van der Waals surface area contributed by atoms with Crippen LogP contribution in [0.4, 0.5) is 14.9 Å². The van der Waals surface area contributed by atoms with Gasteiger partial charge in [0.05, 0.1) is 11.6 Å². The van der Waals surface area contributed by atoms with Gasteiger partial charge in [-0.05, 0) is 36.8 Å². The molecule has 7 heteroatoms.